The van der Waals surface area contributed by atoms with E-state index in [0.717, 1.165) is 5.56 Å². The van der Waals surface area contributed by atoms with Gasteiger partial charge in [-0.05, 0) is 24.1 Å². The molecular weight excluding hydrogens is 258 g/mol. The number of aliphatic hydroxyl groups is 1. The predicted octanol–water partition coefficient (Wildman–Crippen LogP) is 3.44. The highest BCUT2D eigenvalue weighted by Crippen LogP contribution is 2.33. The SMILES string of the molecule is CCc1ccc(Oc2ccccc2CO)c([N+](=O)[O-])c1. The molecule has 2 rings (SSSR count). The highest BCUT2D eigenvalue weighted by Gasteiger charge is 2.17. The van der Waals surface area contributed by atoms with Crippen LogP contribution in [0.5, 0.6) is 11.5 Å². The second-order valence-electron chi connectivity index (χ2n) is 4.28. The van der Waals surface area contributed by atoms with Crippen LogP contribution in [0.4, 0.5) is 5.69 Å². The average molecular weight is 273 g/mol. The van der Waals surface area contributed by atoms with Gasteiger partial charge in [0.1, 0.15) is 5.75 Å². The lowest BCUT2D eigenvalue weighted by atomic mass is 10.1. The van der Waals surface area contributed by atoms with Gasteiger partial charge in [0.15, 0.2) is 0 Å². The number of aliphatic hydroxyl groups excluding tert-OH is 1. The first kappa shape index (κ1) is 14.0. The van der Waals surface area contributed by atoms with E-state index in [9.17, 15) is 15.2 Å². The minimum Gasteiger partial charge on any atom is -0.450 e. The largest absolute Gasteiger partial charge is 0.450 e. The van der Waals surface area contributed by atoms with E-state index in [1.165, 1.54) is 6.07 Å². The van der Waals surface area contributed by atoms with Crippen molar-refractivity contribution >= 4 is 5.69 Å². The minimum atomic E-state index is -0.462. The van der Waals surface area contributed by atoms with Gasteiger partial charge in [-0.25, -0.2) is 0 Å². The first-order valence-electron chi connectivity index (χ1n) is 6.29. The van der Waals surface area contributed by atoms with Crippen molar-refractivity contribution in [2.45, 2.75) is 20.0 Å². The zero-order valence-corrected chi connectivity index (χ0v) is 11.1. The van der Waals surface area contributed by atoms with Crippen LogP contribution in [-0.2, 0) is 13.0 Å². The minimum absolute atomic E-state index is 0.0721. The number of aryl methyl sites for hydroxylation is 1. The fourth-order valence-corrected chi connectivity index (χ4v) is 1.86. The lowest BCUT2D eigenvalue weighted by Crippen LogP contribution is -1.97. The number of para-hydroxylation sites is 1. The molecule has 0 aromatic heterocycles. The van der Waals surface area contributed by atoms with Crippen LogP contribution in [0.3, 0.4) is 0 Å². The second-order valence-corrected chi connectivity index (χ2v) is 4.28. The van der Waals surface area contributed by atoms with Crippen molar-refractivity contribution in [2.75, 3.05) is 0 Å². The molecule has 104 valence electrons. The third-order valence-electron chi connectivity index (χ3n) is 2.99. The Kier molecular flexibility index (Phi) is 4.32. The average Bonchev–Trinajstić information content (AvgIpc) is 2.48. The van der Waals surface area contributed by atoms with Crippen LogP contribution < -0.4 is 4.74 Å². The fraction of sp³-hybridized carbons (Fsp3) is 0.200. The molecule has 0 fully saturated rings. The van der Waals surface area contributed by atoms with E-state index in [1.807, 2.05) is 6.92 Å². The van der Waals surface area contributed by atoms with Crippen LogP contribution in [0.15, 0.2) is 42.5 Å². The molecule has 0 heterocycles. The van der Waals surface area contributed by atoms with E-state index in [1.54, 1.807) is 36.4 Å². The summed E-state index contributed by atoms with van der Waals surface area (Å²) in [7, 11) is 0. The van der Waals surface area contributed by atoms with Crippen molar-refractivity contribution in [1.82, 2.24) is 0 Å². The third-order valence-corrected chi connectivity index (χ3v) is 2.99. The van der Waals surface area contributed by atoms with E-state index >= 15 is 0 Å². The molecule has 0 spiro atoms. The highest BCUT2D eigenvalue weighted by atomic mass is 16.6. The Bertz CT molecular complexity index is 625. The van der Waals surface area contributed by atoms with Gasteiger partial charge in [0.2, 0.25) is 5.75 Å². The Balaban J connectivity index is 2.40. The van der Waals surface area contributed by atoms with Crippen LogP contribution >= 0.6 is 0 Å². The van der Waals surface area contributed by atoms with E-state index in [4.69, 9.17) is 4.74 Å². The standard InChI is InChI=1S/C15H15NO4/c1-2-11-7-8-15(13(9-11)16(18)19)20-14-6-4-3-5-12(14)10-17/h3-9,17H,2,10H2,1H3. The highest BCUT2D eigenvalue weighted by molar-refractivity contribution is 5.51. The van der Waals surface area contributed by atoms with Crippen LogP contribution in [-0.4, -0.2) is 10.0 Å². The molecule has 2 aromatic rings. The molecule has 1 N–H and O–H groups in total. The molecular formula is C15H15NO4. The van der Waals surface area contributed by atoms with Crippen molar-refractivity contribution in [3.63, 3.8) is 0 Å². The monoisotopic (exact) mass is 273 g/mol. The van der Waals surface area contributed by atoms with Crippen LogP contribution in [0.2, 0.25) is 0 Å². The molecule has 0 amide bonds. The molecule has 0 aliphatic carbocycles. The summed E-state index contributed by atoms with van der Waals surface area (Å²) in [5.74, 6) is 0.593. The van der Waals surface area contributed by atoms with Gasteiger partial charge < -0.3 is 9.84 Å². The van der Waals surface area contributed by atoms with Crippen molar-refractivity contribution < 1.29 is 14.8 Å². The van der Waals surface area contributed by atoms with Crippen molar-refractivity contribution in [3.8, 4) is 11.5 Å². The van der Waals surface area contributed by atoms with Gasteiger partial charge in [-0.2, -0.15) is 0 Å². The smallest absolute Gasteiger partial charge is 0.311 e. The fourth-order valence-electron chi connectivity index (χ4n) is 1.86. The molecule has 0 bridgehead atoms. The maximum Gasteiger partial charge on any atom is 0.311 e. The van der Waals surface area contributed by atoms with Gasteiger partial charge >= 0.3 is 5.69 Å². The first-order chi connectivity index (χ1) is 9.65. The summed E-state index contributed by atoms with van der Waals surface area (Å²) in [6, 6.07) is 11.8. The topological polar surface area (TPSA) is 72.6 Å². The summed E-state index contributed by atoms with van der Waals surface area (Å²) in [5, 5.41) is 20.4. The Morgan fingerprint density at radius 3 is 2.60 bits per heavy atom. The van der Waals surface area contributed by atoms with Gasteiger partial charge in [0.25, 0.3) is 0 Å². The Labute approximate surface area is 116 Å². The van der Waals surface area contributed by atoms with Gasteiger partial charge in [-0.15, -0.1) is 0 Å². The molecule has 20 heavy (non-hydrogen) atoms. The van der Waals surface area contributed by atoms with Crippen LogP contribution in [0.25, 0.3) is 0 Å². The maximum atomic E-state index is 11.1. The van der Waals surface area contributed by atoms with Gasteiger partial charge in [0, 0.05) is 11.6 Å². The molecule has 5 heteroatoms. The first-order valence-corrected chi connectivity index (χ1v) is 6.29. The molecule has 0 saturated heterocycles. The molecule has 0 unspecified atom stereocenters. The Morgan fingerprint density at radius 2 is 1.95 bits per heavy atom. The lowest BCUT2D eigenvalue weighted by molar-refractivity contribution is -0.385. The van der Waals surface area contributed by atoms with Crippen molar-refractivity contribution in [3.05, 3.63) is 63.7 Å². The van der Waals surface area contributed by atoms with Gasteiger partial charge in [-0.1, -0.05) is 31.2 Å². The quantitative estimate of drug-likeness (QED) is 0.669. The lowest BCUT2D eigenvalue weighted by Gasteiger charge is -2.10. The zero-order valence-electron chi connectivity index (χ0n) is 11.1. The maximum absolute atomic E-state index is 11.1. The number of nitrogens with zero attached hydrogens (tertiary/aromatic N) is 1. The van der Waals surface area contributed by atoms with E-state index < -0.39 is 4.92 Å². The summed E-state index contributed by atoms with van der Waals surface area (Å²) in [6.45, 7) is 1.75. The zero-order chi connectivity index (χ0) is 14.5. The van der Waals surface area contributed by atoms with Gasteiger partial charge in [-0.3, -0.25) is 10.1 Å². The molecule has 0 radical (unpaired) electrons. The molecule has 2 aromatic carbocycles. The molecule has 0 aliphatic rings. The summed E-state index contributed by atoms with van der Waals surface area (Å²) in [4.78, 5) is 10.6. The van der Waals surface area contributed by atoms with E-state index in [-0.39, 0.29) is 18.0 Å². The number of hydrogen-bond donors (Lipinski definition) is 1. The molecule has 0 saturated carbocycles. The van der Waals surface area contributed by atoms with Crippen molar-refractivity contribution in [2.24, 2.45) is 0 Å². The molecule has 0 atom stereocenters. The number of ether oxygens (including phenoxy) is 1. The van der Waals surface area contributed by atoms with E-state index in [2.05, 4.69) is 0 Å². The third kappa shape index (κ3) is 2.95. The second kappa shape index (κ2) is 6.16. The number of hydrogen-bond acceptors (Lipinski definition) is 4. The van der Waals surface area contributed by atoms with Crippen LogP contribution in [0, 0.1) is 10.1 Å². The number of rotatable bonds is 5. The normalized spacial score (nSPS) is 10.3. The van der Waals surface area contributed by atoms with E-state index in [0.29, 0.717) is 17.7 Å². The predicted molar refractivity (Wildman–Crippen MR) is 74.9 cm³/mol. The Morgan fingerprint density at radius 1 is 1.20 bits per heavy atom. The summed E-state index contributed by atoms with van der Waals surface area (Å²) in [6.07, 6.45) is 0.717. The number of nitro groups is 1. The number of benzene rings is 2. The van der Waals surface area contributed by atoms with Crippen LogP contribution in [0.1, 0.15) is 18.1 Å². The molecule has 5 nitrogen and oxygen atoms in total. The summed E-state index contributed by atoms with van der Waals surface area (Å²) in [5.41, 5.74) is 1.39. The summed E-state index contributed by atoms with van der Waals surface area (Å²) >= 11 is 0. The summed E-state index contributed by atoms with van der Waals surface area (Å²) < 4.78 is 5.59. The van der Waals surface area contributed by atoms with Crippen molar-refractivity contribution in [1.29, 1.82) is 0 Å². The number of nitro benzene ring substituents is 1. The molecule has 0 aliphatic heterocycles. The Hall–Kier alpha value is -2.40. The van der Waals surface area contributed by atoms with Gasteiger partial charge in [0.05, 0.1) is 11.5 Å².